The van der Waals surface area contributed by atoms with Crippen LogP contribution in [0.15, 0.2) is 24.3 Å². The van der Waals surface area contributed by atoms with E-state index < -0.39 is 0 Å². The van der Waals surface area contributed by atoms with Crippen LogP contribution in [0, 0.1) is 0 Å². The number of nitrogens with zero attached hydrogens (tertiary/aromatic N) is 1. The predicted molar refractivity (Wildman–Crippen MR) is 80.6 cm³/mol. The van der Waals surface area contributed by atoms with Crippen molar-refractivity contribution in [3.8, 4) is 0 Å². The summed E-state index contributed by atoms with van der Waals surface area (Å²) in [6.45, 7) is 4.79. The fraction of sp³-hybridized carbons (Fsp3) is 0.625. The summed E-state index contributed by atoms with van der Waals surface area (Å²) in [5.41, 5.74) is 1.22. The molecule has 2 aliphatic heterocycles. The molecule has 0 saturated carbocycles. The molecule has 0 aromatic heterocycles. The second-order valence-corrected chi connectivity index (χ2v) is 6.31. The van der Waals surface area contributed by atoms with Gasteiger partial charge in [-0.1, -0.05) is 36.2 Å². The minimum absolute atomic E-state index is 0.334. The van der Waals surface area contributed by atoms with Gasteiger partial charge in [-0.05, 0) is 44.4 Å². The van der Waals surface area contributed by atoms with Gasteiger partial charge in [0.15, 0.2) is 0 Å². The molecule has 2 fully saturated rings. The minimum Gasteiger partial charge on any atom is -0.306 e. The van der Waals surface area contributed by atoms with Crippen LogP contribution in [-0.4, -0.2) is 30.1 Å². The van der Waals surface area contributed by atoms with Gasteiger partial charge in [0.1, 0.15) is 0 Å². The lowest BCUT2D eigenvalue weighted by Gasteiger charge is -2.34. The summed E-state index contributed by atoms with van der Waals surface area (Å²) < 4.78 is 0. The zero-order valence-electron chi connectivity index (χ0n) is 11.6. The molecular formula is C16H23ClN2. The van der Waals surface area contributed by atoms with Crippen LogP contribution in [0.1, 0.15) is 44.2 Å². The van der Waals surface area contributed by atoms with E-state index in [2.05, 4.69) is 29.3 Å². The Labute approximate surface area is 121 Å². The molecule has 1 aromatic rings. The van der Waals surface area contributed by atoms with E-state index in [1.165, 1.54) is 44.3 Å². The van der Waals surface area contributed by atoms with Gasteiger partial charge >= 0.3 is 0 Å². The maximum absolute atomic E-state index is 6.29. The summed E-state index contributed by atoms with van der Waals surface area (Å²) in [4.78, 5) is 2.67. The molecular weight excluding hydrogens is 256 g/mol. The average Bonchev–Trinajstić information content (AvgIpc) is 2.83. The van der Waals surface area contributed by atoms with Gasteiger partial charge in [-0.3, -0.25) is 4.90 Å². The van der Waals surface area contributed by atoms with Crippen molar-refractivity contribution >= 4 is 11.6 Å². The highest BCUT2D eigenvalue weighted by Crippen LogP contribution is 2.30. The molecule has 0 radical (unpaired) electrons. The monoisotopic (exact) mass is 278 g/mol. The standard InChI is InChI=1S/C16H23ClN2/c1-12(13-6-2-3-7-14(13)17)18-15-9-11-19-10-5-4-8-16(15)19/h2-3,6-7,12,15-16,18H,4-5,8-11H2,1H3/t12-,15?,16?/m0/s1. The lowest BCUT2D eigenvalue weighted by molar-refractivity contribution is 0.177. The number of hydrogen-bond donors (Lipinski definition) is 1. The molecule has 2 nitrogen and oxygen atoms in total. The van der Waals surface area contributed by atoms with Crippen molar-refractivity contribution in [2.24, 2.45) is 0 Å². The van der Waals surface area contributed by atoms with Gasteiger partial charge in [0.2, 0.25) is 0 Å². The number of hydrogen-bond acceptors (Lipinski definition) is 2. The summed E-state index contributed by atoms with van der Waals surface area (Å²) in [6.07, 6.45) is 5.40. The van der Waals surface area contributed by atoms with E-state index in [9.17, 15) is 0 Å². The molecule has 3 rings (SSSR count). The number of benzene rings is 1. The van der Waals surface area contributed by atoms with Gasteiger partial charge in [0.25, 0.3) is 0 Å². The highest BCUT2D eigenvalue weighted by molar-refractivity contribution is 6.31. The van der Waals surface area contributed by atoms with Crippen LogP contribution in [0.5, 0.6) is 0 Å². The molecule has 0 bridgehead atoms. The Morgan fingerprint density at radius 2 is 2.05 bits per heavy atom. The molecule has 2 aliphatic rings. The first-order valence-corrected chi connectivity index (χ1v) is 7.88. The maximum atomic E-state index is 6.29. The maximum Gasteiger partial charge on any atom is 0.0453 e. The summed E-state index contributed by atoms with van der Waals surface area (Å²) in [5.74, 6) is 0. The van der Waals surface area contributed by atoms with Crippen LogP contribution in [0.2, 0.25) is 5.02 Å². The minimum atomic E-state index is 0.334. The first-order valence-electron chi connectivity index (χ1n) is 7.50. The van der Waals surface area contributed by atoms with Crippen molar-refractivity contribution in [2.75, 3.05) is 13.1 Å². The van der Waals surface area contributed by atoms with Crippen LogP contribution in [0.4, 0.5) is 0 Å². The largest absolute Gasteiger partial charge is 0.306 e. The van der Waals surface area contributed by atoms with E-state index >= 15 is 0 Å². The van der Waals surface area contributed by atoms with E-state index in [1.807, 2.05) is 12.1 Å². The fourth-order valence-corrected chi connectivity index (χ4v) is 3.98. The molecule has 2 heterocycles. The van der Waals surface area contributed by atoms with Crippen LogP contribution >= 0.6 is 11.6 Å². The molecule has 104 valence electrons. The number of nitrogens with one attached hydrogen (secondary N) is 1. The molecule has 2 unspecified atom stereocenters. The summed E-state index contributed by atoms with van der Waals surface area (Å²) >= 11 is 6.29. The van der Waals surface area contributed by atoms with E-state index in [0.29, 0.717) is 12.1 Å². The Bertz CT molecular complexity index is 435. The smallest absolute Gasteiger partial charge is 0.0453 e. The summed E-state index contributed by atoms with van der Waals surface area (Å²) in [7, 11) is 0. The van der Waals surface area contributed by atoms with Crippen molar-refractivity contribution in [1.82, 2.24) is 10.2 Å². The number of rotatable bonds is 3. The molecule has 3 heteroatoms. The Morgan fingerprint density at radius 1 is 1.21 bits per heavy atom. The van der Waals surface area contributed by atoms with E-state index in [1.54, 1.807) is 0 Å². The number of fused-ring (bicyclic) bond motifs is 1. The second-order valence-electron chi connectivity index (χ2n) is 5.90. The molecule has 3 atom stereocenters. The third kappa shape index (κ3) is 2.81. The molecule has 1 aromatic carbocycles. The first kappa shape index (κ1) is 13.4. The molecule has 0 spiro atoms. The summed E-state index contributed by atoms with van der Waals surface area (Å²) in [5, 5.41) is 4.68. The van der Waals surface area contributed by atoms with Gasteiger partial charge in [0, 0.05) is 29.7 Å². The third-order valence-corrected chi connectivity index (χ3v) is 5.04. The second kappa shape index (κ2) is 5.82. The first-order chi connectivity index (χ1) is 9.25. The quantitative estimate of drug-likeness (QED) is 0.909. The molecule has 1 N–H and O–H groups in total. The van der Waals surface area contributed by atoms with Crippen molar-refractivity contribution in [3.63, 3.8) is 0 Å². The fourth-order valence-electron chi connectivity index (χ4n) is 3.68. The highest BCUT2D eigenvalue weighted by Gasteiger charge is 2.35. The van der Waals surface area contributed by atoms with Crippen molar-refractivity contribution in [1.29, 1.82) is 0 Å². The molecule has 0 amide bonds. The predicted octanol–water partition coefficient (Wildman–Crippen LogP) is 3.62. The van der Waals surface area contributed by atoms with E-state index in [-0.39, 0.29) is 0 Å². The molecule has 2 saturated heterocycles. The van der Waals surface area contributed by atoms with Crippen LogP contribution in [0.3, 0.4) is 0 Å². The topological polar surface area (TPSA) is 15.3 Å². The van der Waals surface area contributed by atoms with Gasteiger partial charge in [-0.25, -0.2) is 0 Å². The Hall–Kier alpha value is -0.570. The Balaban J connectivity index is 1.67. The molecule has 0 aliphatic carbocycles. The van der Waals surface area contributed by atoms with Crippen molar-refractivity contribution < 1.29 is 0 Å². The van der Waals surface area contributed by atoms with Crippen molar-refractivity contribution in [3.05, 3.63) is 34.9 Å². The highest BCUT2D eigenvalue weighted by atomic mass is 35.5. The van der Waals surface area contributed by atoms with Gasteiger partial charge in [0.05, 0.1) is 0 Å². The SMILES string of the molecule is C[C@H](NC1CCN2CCCCC12)c1ccccc1Cl. The van der Waals surface area contributed by atoms with Gasteiger partial charge in [-0.15, -0.1) is 0 Å². The van der Waals surface area contributed by atoms with Crippen LogP contribution in [-0.2, 0) is 0 Å². The Morgan fingerprint density at radius 3 is 2.89 bits per heavy atom. The van der Waals surface area contributed by atoms with Gasteiger partial charge in [-0.2, -0.15) is 0 Å². The van der Waals surface area contributed by atoms with E-state index in [4.69, 9.17) is 11.6 Å². The average molecular weight is 279 g/mol. The zero-order chi connectivity index (χ0) is 13.2. The van der Waals surface area contributed by atoms with Crippen LogP contribution < -0.4 is 5.32 Å². The number of piperidine rings is 1. The normalized spacial score (nSPS) is 29.2. The van der Waals surface area contributed by atoms with Crippen LogP contribution in [0.25, 0.3) is 0 Å². The zero-order valence-corrected chi connectivity index (χ0v) is 12.4. The lowest BCUT2D eigenvalue weighted by Crippen LogP contribution is -2.45. The summed E-state index contributed by atoms with van der Waals surface area (Å²) in [6, 6.07) is 9.90. The van der Waals surface area contributed by atoms with Gasteiger partial charge < -0.3 is 5.32 Å². The van der Waals surface area contributed by atoms with Crippen molar-refractivity contribution in [2.45, 2.75) is 50.7 Å². The Kier molecular flexibility index (Phi) is 4.11. The lowest BCUT2D eigenvalue weighted by atomic mass is 9.97. The third-order valence-electron chi connectivity index (χ3n) is 4.69. The van der Waals surface area contributed by atoms with E-state index in [0.717, 1.165) is 11.1 Å². The number of halogens is 1. The molecule has 19 heavy (non-hydrogen) atoms.